The molecule has 0 N–H and O–H groups in total. The lowest BCUT2D eigenvalue weighted by Crippen LogP contribution is -1.98. The molecule has 0 aromatic heterocycles. The van der Waals surface area contributed by atoms with Crippen molar-refractivity contribution in [3.63, 3.8) is 0 Å². The molecule has 0 saturated heterocycles. The molecule has 0 radical (unpaired) electrons. The van der Waals surface area contributed by atoms with Gasteiger partial charge in [-0.05, 0) is 23.8 Å². The lowest BCUT2D eigenvalue weighted by Gasteiger charge is -2.14. The van der Waals surface area contributed by atoms with E-state index >= 15 is 0 Å². The van der Waals surface area contributed by atoms with Crippen LogP contribution >= 0.6 is 0 Å². The van der Waals surface area contributed by atoms with E-state index in [2.05, 4.69) is 0 Å². The smallest absolute Gasteiger partial charge is 0.164 e. The van der Waals surface area contributed by atoms with Gasteiger partial charge < -0.3 is 18.9 Å². The third-order valence-electron chi connectivity index (χ3n) is 3.33. The number of benzene rings is 2. The summed E-state index contributed by atoms with van der Waals surface area (Å²) >= 11 is 0. The quantitative estimate of drug-likeness (QED) is 0.817. The van der Waals surface area contributed by atoms with Crippen LogP contribution in [0.5, 0.6) is 23.0 Å². The average Bonchev–Trinajstić information content (AvgIpc) is 2.54. The molecule has 0 spiro atoms. The maximum Gasteiger partial charge on any atom is 0.164 e. The maximum atomic E-state index is 5.46. The van der Waals surface area contributed by atoms with Crippen LogP contribution in [0.25, 0.3) is 0 Å². The number of hydrogen-bond acceptors (Lipinski definition) is 4. The molecule has 4 heteroatoms. The van der Waals surface area contributed by atoms with Crippen LogP contribution in [0, 0.1) is 0 Å². The molecular weight excluding hydrogens is 268 g/mol. The van der Waals surface area contributed by atoms with Crippen LogP contribution in [0.2, 0.25) is 0 Å². The Labute approximate surface area is 125 Å². The number of para-hydroxylation sites is 1. The second kappa shape index (κ2) is 6.88. The van der Waals surface area contributed by atoms with Gasteiger partial charge in [0.05, 0.1) is 28.4 Å². The first-order chi connectivity index (χ1) is 10.2. The van der Waals surface area contributed by atoms with Gasteiger partial charge in [0, 0.05) is 12.0 Å². The molecule has 0 fully saturated rings. The number of hydrogen-bond donors (Lipinski definition) is 0. The van der Waals surface area contributed by atoms with E-state index in [1.165, 1.54) is 0 Å². The van der Waals surface area contributed by atoms with Gasteiger partial charge >= 0.3 is 0 Å². The van der Waals surface area contributed by atoms with Gasteiger partial charge in [0.2, 0.25) is 0 Å². The van der Waals surface area contributed by atoms with E-state index < -0.39 is 0 Å². The lowest BCUT2D eigenvalue weighted by atomic mass is 10.0. The Morgan fingerprint density at radius 2 is 1.43 bits per heavy atom. The number of methoxy groups -OCH3 is 4. The predicted octanol–water partition coefficient (Wildman–Crippen LogP) is 3.31. The molecule has 0 aliphatic carbocycles. The van der Waals surface area contributed by atoms with Crippen LogP contribution in [-0.4, -0.2) is 28.4 Å². The van der Waals surface area contributed by atoms with Gasteiger partial charge in [-0.3, -0.25) is 0 Å². The summed E-state index contributed by atoms with van der Waals surface area (Å²) in [5.41, 5.74) is 2.17. The van der Waals surface area contributed by atoms with Crippen molar-refractivity contribution >= 4 is 0 Å². The van der Waals surface area contributed by atoms with E-state index in [1.807, 2.05) is 36.4 Å². The topological polar surface area (TPSA) is 36.9 Å². The molecule has 21 heavy (non-hydrogen) atoms. The Hall–Kier alpha value is -2.36. The van der Waals surface area contributed by atoms with Gasteiger partial charge in [-0.25, -0.2) is 0 Å². The normalized spacial score (nSPS) is 10.1. The molecule has 0 aliphatic heterocycles. The van der Waals surface area contributed by atoms with E-state index in [-0.39, 0.29) is 0 Å². The minimum absolute atomic E-state index is 0.719. The summed E-state index contributed by atoms with van der Waals surface area (Å²) in [4.78, 5) is 0. The molecule has 0 aliphatic rings. The zero-order valence-electron chi connectivity index (χ0n) is 12.8. The Morgan fingerprint density at radius 1 is 0.714 bits per heavy atom. The van der Waals surface area contributed by atoms with E-state index in [4.69, 9.17) is 18.9 Å². The Kier molecular flexibility index (Phi) is 4.93. The molecule has 0 amide bonds. The van der Waals surface area contributed by atoms with Gasteiger partial charge in [0.15, 0.2) is 23.0 Å². The fourth-order valence-corrected chi connectivity index (χ4v) is 2.30. The predicted molar refractivity (Wildman–Crippen MR) is 81.9 cm³/mol. The van der Waals surface area contributed by atoms with Crippen molar-refractivity contribution in [3.05, 3.63) is 47.5 Å². The molecule has 2 rings (SSSR count). The maximum absolute atomic E-state index is 5.46. The van der Waals surface area contributed by atoms with Gasteiger partial charge in [-0.15, -0.1) is 0 Å². The van der Waals surface area contributed by atoms with Crippen molar-refractivity contribution in [1.82, 2.24) is 0 Å². The van der Waals surface area contributed by atoms with E-state index in [1.54, 1.807) is 28.4 Å². The van der Waals surface area contributed by atoms with Crippen molar-refractivity contribution in [1.29, 1.82) is 0 Å². The summed E-state index contributed by atoms with van der Waals surface area (Å²) in [5.74, 6) is 2.93. The number of rotatable bonds is 6. The standard InChI is InChI=1S/C17H20O4/c1-18-14-9-8-12(11-16(14)20-3)10-13-6-5-7-15(19-2)17(13)21-4/h5-9,11H,10H2,1-4H3. The first-order valence-corrected chi connectivity index (χ1v) is 6.64. The van der Waals surface area contributed by atoms with E-state index in [9.17, 15) is 0 Å². The molecule has 0 saturated carbocycles. The first kappa shape index (κ1) is 15.0. The van der Waals surface area contributed by atoms with Gasteiger partial charge in [-0.2, -0.15) is 0 Å². The molecule has 0 unspecified atom stereocenters. The van der Waals surface area contributed by atoms with Crippen LogP contribution in [-0.2, 0) is 6.42 Å². The largest absolute Gasteiger partial charge is 0.493 e. The summed E-state index contributed by atoms with van der Waals surface area (Å²) in [6.45, 7) is 0. The van der Waals surface area contributed by atoms with Gasteiger partial charge in [-0.1, -0.05) is 18.2 Å². The fraction of sp³-hybridized carbons (Fsp3) is 0.294. The third-order valence-corrected chi connectivity index (χ3v) is 3.33. The van der Waals surface area contributed by atoms with E-state index in [0.717, 1.165) is 40.5 Å². The zero-order valence-corrected chi connectivity index (χ0v) is 12.8. The molecule has 0 bridgehead atoms. The van der Waals surface area contributed by atoms with Crippen LogP contribution in [0.3, 0.4) is 0 Å². The molecule has 112 valence electrons. The summed E-state index contributed by atoms with van der Waals surface area (Å²) in [5, 5.41) is 0. The average molecular weight is 288 g/mol. The van der Waals surface area contributed by atoms with Crippen LogP contribution in [0.15, 0.2) is 36.4 Å². The second-order valence-electron chi connectivity index (χ2n) is 4.52. The number of ether oxygens (including phenoxy) is 4. The van der Waals surface area contributed by atoms with Crippen molar-refractivity contribution in [3.8, 4) is 23.0 Å². The minimum atomic E-state index is 0.719. The monoisotopic (exact) mass is 288 g/mol. The summed E-state index contributed by atoms with van der Waals surface area (Å²) < 4.78 is 21.4. The van der Waals surface area contributed by atoms with Gasteiger partial charge in [0.1, 0.15) is 0 Å². The molecule has 0 atom stereocenters. The Balaban J connectivity index is 2.34. The SMILES string of the molecule is COc1ccc(Cc2cccc(OC)c2OC)cc1OC. The molecule has 2 aromatic rings. The van der Waals surface area contributed by atoms with Crippen molar-refractivity contribution in [2.24, 2.45) is 0 Å². The summed E-state index contributed by atoms with van der Waals surface area (Å²) in [6.07, 6.45) is 0.723. The van der Waals surface area contributed by atoms with Crippen molar-refractivity contribution in [2.45, 2.75) is 6.42 Å². The van der Waals surface area contributed by atoms with E-state index in [0.29, 0.717) is 0 Å². The minimum Gasteiger partial charge on any atom is -0.493 e. The van der Waals surface area contributed by atoms with Crippen molar-refractivity contribution in [2.75, 3.05) is 28.4 Å². The second-order valence-corrected chi connectivity index (χ2v) is 4.52. The summed E-state index contributed by atoms with van der Waals surface area (Å²) in [6, 6.07) is 11.8. The molecule has 4 nitrogen and oxygen atoms in total. The van der Waals surface area contributed by atoms with Crippen LogP contribution in [0.4, 0.5) is 0 Å². The van der Waals surface area contributed by atoms with Crippen LogP contribution in [0.1, 0.15) is 11.1 Å². The highest BCUT2D eigenvalue weighted by molar-refractivity contribution is 5.50. The first-order valence-electron chi connectivity index (χ1n) is 6.64. The van der Waals surface area contributed by atoms with Gasteiger partial charge in [0.25, 0.3) is 0 Å². The third kappa shape index (κ3) is 3.21. The highest BCUT2D eigenvalue weighted by Crippen LogP contribution is 2.34. The molecule has 2 aromatic carbocycles. The van der Waals surface area contributed by atoms with Crippen LogP contribution < -0.4 is 18.9 Å². The Bertz CT molecular complexity index is 608. The zero-order chi connectivity index (χ0) is 15.2. The molecular formula is C17H20O4. The summed E-state index contributed by atoms with van der Waals surface area (Å²) in [7, 11) is 6.55. The molecule has 0 heterocycles. The highest BCUT2D eigenvalue weighted by Gasteiger charge is 2.11. The highest BCUT2D eigenvalue weighted by atomic mass is 16.5. The fourth-order valence-electron chi connectivity index (χ4n) is 2.30. The lowest BCUT2D eigenvalue weighted by molar-refractivity contribution is 0.351. The van der Waals surface area contributed by atoms with Crippen molar-refractivity contribution < 1.29 is 18.9 Å². The Morgan fingerprint density at radius 3 is 2.05 bits per heavy atom.